The summed E-state index contributed by atoms with van der Waals surface area (Å²) < 4.78 is 34.2. The highest BCUT2D eigenvalue weighted by Gasteiger charge is 2.53. The standard InChI is InChI=1S/C56H99NO18/c1-3-5-7-9-11-13-15-17-19-21-23-25-27-29-31-33-40(61)39(57-44(62)34-32-30-28-26-24-22-20-18-16-14-12-10-8-6-4-2)38-70-54-50(68)47(65)52(42(36-59)72-54)75-56-51(69)48(66)53(43(37-60)73-56)74-55-49(67)46(64)45(63)41(35-58)71-55/h6,8,12,14,18,20,24,26,39-43,45-56,58-61,63-69H,3-5,7,9-11,13,15-17,19,21-23,25,27-38H2,1-2H3,(H,57,62)/b8-6-,14-12-,20-18-,26-24-. The monoisotopic (exact) mass is 1070 g/mol. The van der Waals surface area contributed by atoms with Crippen LogP contribution in [0, 0.1) is 0 Å². The van der Waals surface area contributed by atoms with Gasteiger partial charge in [0, 0.05) is 6.42 Å². The molecule has 75 heavy (non-hydrogen) atoms. The quantitative estimate of drug-likeness (QED) is 0.0306. The zero-order chi connectivity index (χ0) is 54.8. The van der Waals surface area contributed by atoms with Gasteiger partial charge in [0.05, 0.1) is 38.6 Å². The number of nitrogens with one attached hydrogen (secondary N) is 1. The Morgan fingerprint density at radius 1 is 0.493 bits per heavy atom. The Balaban J connectivity index is 1.54. The number of hydrogen-bond acceptors (Lipinski definition) is 18. The molecule has 0 aromatic carbocycles. The summed E-state index contributed by atoms with van der Waals surface area (Å²) in [5, 5.41) is 120. The predicted octanol–water partition coefficient (Wildman–Crippen LogP) is 3.92. The molecule has 0 bridgehead atoms. The van der Waals surface area contributed by atoms with Crippen LogP contribution < -0.4 is 5.32 Å². The maximum atomic E-state index is 13.3. The van der Waals surface area contributed by atoms with Crippen LogP contribution in [0.2, 0.25) is 0 Å². The molecule has 0 radical (unpaired) electrons. The molecule has 19 heteroatoms. The summed E-state index contributed by atoms with van der Waals surface area (Å²) in [6.45, 7) is 1.62. The Morgan fingerprint density at radius 3 is 1.41 bits per heavy atom. The lowest BCUT2D eigenvalue weighted by molar-refractivity contribution is -0.379. The molecule has 3 aliphatic rings. The maximum absolute atomic E-state index is 13.3. The first-order chi connectivity index (χ1) is 36.3. The van der Waals surface area contributed by atoms with E-state index in [1.165, 1.54) is 70.6 Å². The van der Waals surface area contributed by atoms with E-state index in [4.69, 9.17) is 28.4 Å². The van der Waals surface area contributed by atoms with E-state index in [-0.39, 0.29) is 18.9 Å². The Labute approximate surface area is 446 Å². The first-order valence-electron chi connectivity index (χ1n) is 28.4. The third kappa shape index (κ3) is 24.8. The van der Waals surface area contributed by atoms with Gasteiger partial charge in [-0.25, -0.2) is 0 Å². The minimum absolute atomic E-state index is 0.212. The average Bonchev–Trinajstić information content (AvgIpc) is 3.41. The van der Waals surface area contributed by atoms with Crippen LogP contribution in [-0.2, 0) is 33.2 Å². The van der Waals surface area contributed by atoms with E-state index in [1.807, 2.05) is 0 Å². The molecule has 3 heterocycles. The summed E-state index contributed by atoms with van der Waals surface area (Å²) >= 11 is 0. The fourth-order valence-corrected chi connectivity index (χ4v) is 9.48. The Kier molecular flexibility index (Phi) is 35.8. The van der Waals surface area contributed by atoms with Crippen molar-refractivity contribution in [1.29, 1.82) is 0 Å². The molecule has 3 fully saturated rings. The van der Waals surface area contributed by atoms with E-state index in [9.17, 15) is 61.0 Å². The van der Waals surface area contributed by atoms with Crippen LogP contribution in [0.15, 0.2) is 48.6 Å². The van der Waals surface area contributed by atoms with E-state index >= 15 is 0 Å². The van der Waals surface area contributed by atoms with Gasteiger partial charge in [-0.2, -0.15) is 0 Å². The number of carbonyl (C=O) groups excluding carboxylic acids is 1. The minimum Gasteiger partial charge on any atom is -0.394 e. The Bertz CT molecular complexity index is 1570. The second-order valence-electron chi connectivity index (χ2n) is 20.4. The zero-order valence-corrected chi connectivity index (χ0v) is 45.0. The summed E-state index contributed by atoms with van der Waals surface area (Å²) in [7, 11) is 0. The van der Waals surface area contributed by atoms with Gasteiger partial charge >= 0.3 is 0 Å². The number of amides is 1. The number of unbranched alkanes of at least 4 members (excludes halogenated alkanes) is 16. The van der Waals surface area contributed by atoms with Gasteiger partial charge in [0.15, 0.2) is 18.9 Å². The summed E-state index contributed by atoms with van der Waals surface area (Å²) in [6, 6.07) is -0.909. The molecule has 12 N–H and O–H groups in total. The fourth-order valence-electron chi connectivity index (χ4n) is 9.48. The molecule has 19 nitrogen and oxygen atoms in total. The summed E-state index contributed by atoms with van der Waals surface area (Å²) in [5.41, 5.74) is 0. The van der Waals surface area contributed by atoms with Crippen molar-refractivity contribution in [3.8, 4) is 0 Å². The lowest BCUT2D eigenvalue weighted by atomic mass is 9.96. The van der Waals surface area contributed by atoms with Gasteiger partial charge in [0.1, 0.15) is 73.2 Å². The van der Waals surface area contributed by atoms with Gasteiger partial charge in [-0.05, 0) is 51.4 Å². The van der Waals surface area contributed by atoms with Gasteiger partial charge in [-0.1, -0.05) is 159 Å². The highest BCUT2D eigenvalue weighted by atomic mass is 16.8. The van der Waals surface area contributed by atoms with Crippen LogP contribution in [0.3, 0.4) is 0 Å². The van der Waals surface area contributed by atoms with Crippen molar-refractivity contribution >= 4 is 5.91 Å². The van der Waals surface area contributed by atoms with Crippen molar-refractivity contribution in [1.82, 2.24) is 5.32 Å². The zero-order valence-electron chi connectivity index (χ0n) is 45.0. The van der Waals surface area contributed by atoms with Crippen LogP contribution in [0.5, 0.6) is 0 Å². The van der Waals surface area contributed by atoms with Crippen molar-refractivity contribution in [3.63, 3.8) is 0 Å². The number of hydrogen-bond donors (Lipinski definition) is 12. The number of aliphatic hydroxyl groups excluding tert-OH is 11. The van der Waals surface area contributed by atoms with Gasteiger partial charge in [0.25, 0.3) is 0 Å². The Hall–Kier alpha value is -2.25. The Morgan fingerprint density at radius 2 is 0.920 bits per heavy atom. The molecule has 17 unspecified atom stereocenters. The summed E-state index contributed by atoms with van der Waals surface area (Å²) in [6.07, 6.45) is 14.9. The molecule has 0 spiro atoms. The molecular formula is C56H99NO18. The molecular weight excluding hydrogens is 975 g/mol. The van der Waals surface area contributed by atoms with Crippen molar-refractivity contribution in [2.75, 3.05) is 26.4 Å². The van der Waals surface area contributed by atoms with Crippen LogP contribution in [0.4, 0.5) is 0 Å². The molecule has 3 rings (SSSR count). The van der Waals surface area contributed by atoms with E-state index in [0.29, 0.717) is 12.8 Å². The van der Waals surface area contributed by atoms with Crippen molar-refractivity contribution in [3.05, 3.63) is 48.6 Å². The first kappa shape index (κ1) is 67.0. The van der Waals surface area contributed by atoms with E-state index in [1.54, 1.807) is 0 Å². The highest BCUT2D eigenvalue weighted by molar-refractivity contribution is 5.76. The molecule has 0 saturated carbocycles. The van der Waals surface area contributed by atoms with E-state index < -0.39 is 124 Å². The number of ether oxygens (including phenoxy) is 6. The number of carbonyl (C=O) groups is 1. The SMILES string of the molecule is CC/C=C\C/C=C\C/C=C\C/C=C\CCCCC(=O)NC(COC1OC(CO)C(OC2OC(CO)C(OC3OC(CO)C(O)C(O)C3O)C(O)C2O)C(O)C1O)C(O)CCCCCCCCCCCCCCCCC. The molecule has 0 aromatic rings. The molecule has 3 aliphatic heterocycles. The number of rotatable bonds is 40. The molecule has 0 aromatic heterocycles. The maximum Gasteiger partial charge on any atom is 0.220 e. The fraction of sp³-hybridized carbons (Fsp3) is 0.839. The van der Waals surface area contributed by atoms with E-state index in [0.717, 1.165) is 64.2 Å². The van der Waals surface area contributed by atoms with Crippen LogP contribution in [-0.4, -0.2) is 193 Å². The average molecular weight is 1070 g/mol. The lowest BCUT2D eigenvalue weighted by Gasteiger charge is -2.48. The molecule has 3 saturated heterocycles. The van der Waals surface area contributed by atoms with Gasteiger partial charge < -0.3 is 89.9 Å². The third-order valence-electron chi connectivity index (χ3n) is 14.2. The van der Waals surface area contributed by atoms with Crippen LogP contribution in [0.1, 0.15) is 168 Å². The molecule has 436 valence electrons. The van der Waals surface area contributed by atoms with Crippen molar-refractivity contribution in [2.45, 2.75) is 272 Å². The van der Waals surface area contributed by atoms with E-state index in [2.05, 4.69) is 67.8 Å². The largest absolute Gasteiger partial charge is 0.394 e. The molecule has 0 aliphatic carbocycles. The van der Waals surface area contributed by atoms with Gasteiger partial charge in [-0.15, -0.1) is 0 Å². The lowest BCUT2D eigenvalue weighted by Crippen LogP contribution is -2.66. The van der Waals surface area contributed by atoms with Crippen LogP contribution in [0.25, 0.3) is 0 Å². The smallest absolute Gasteiger partial charge is 0.220 e. The van der Waals surface area contributed by atoms with Crippen molar-refractivity contribution < 1.29 is 89.4 Å². The molecule has 1 amide bonds. The number of aliphatic hydroxyl groups is 11. The van der Waals surface area contributed by atoms with Crippen molar-refractivity contribution in [2.24, 2.45) is 0 Å². The summed E-state index contributed by atoms with van der Waals surface area (Å²) in [5.74, 6) is -0.286. The first-order valence-corrected chi connectivity index (χ1v) is 28.4. The number of allylic oxidation sites excluding steroid dienone is 8. The second-order valence-corrected chi connectivity index (χ2v) is 20.4. The van der Waals surface area contributed by atoms with Crippen LogP contribution >= 0.6 is 0 Å². The van der Waals surface area contributed by atoms with Gasteiger partial charge in [-0.3, -0.25) is 4.79 Å². The normalized spacial score (nSPS) is 31.6. The highest BCUT2D eigenvalue weighted by Crippen LogP contribution is 2.33. The minimum atomic E-state index is -1.98. The predicted molar refractivity (Wildman–Crippen MR) is 282 cm³/mol. The summed E-state index contributed by atoms with van der Waals surface area (Å²) in [4.78, 5) is 13.3. The van der Waals surface area contributed by atoms with Gasteiger partial charge in [0.2, 0.25) is 5.91 Å². The second kappa shape index (κ2) is 40.0. The topological polar surface area (TPSA) is 307 Å². The third-order valence-corrected chi connectivity index (χ3v) is 14.2. The molecule has 17 atom stereocenters.